The maximum Gasteiger partial charge on any atom is 0.156 e. The van der Waals surface area contributed by atoms with Crippen molar-refractivity contribution in [3.63, 3.8) is 0 Å². The number of aliphatic imine (C=N–C) groups is 1. The molecular weight excluding hydrogens is 230 g/mol. The van der Waals surface area contributed by atoms with Crippen LogP contribution in [0.2, 0.25) is 0 Å². The Kier molecular flexibility index (Phi) is 6.34. The van der Waals surface area contributed by atoms with Crippen molar-refractivity contribution in [2.24, 2.45) is 10.9 Å². The summed E-state index contributed by atoms with van der Waals surface area (Å²) in [6, 6.07) is 1.19. The van der Waals surface area contributed by atoms with Crippen LogP contribution in [0.5, 0.6) is 0 Å². The molecule has 1 saturated heterocycles. The van der Waals surface area contributed by atoms with Crippen LogP contribution in [-0.2, 0) is 0 Å². The quantitative estimate of drug-likeness (QED) is 0.767. The van der Waals surface area contributed by atoms with Crippen molar-refractivity contribution in [1.29, 1.82) is 0 Å². The third kappa shape index (κ3) is 5.30. The zero-order valence-electron chi connectivity index (χ0n) is 11.9. The summed E-state index contributed by atoms with van der Waals surface area (Å²) in [6.07, 6.45) is 1.14. The van der Waals surface area contributed by atoms with Crippen LogP contribution < -0.4 is 5.32 Å². The Morgan fingerprint density at radius 1 is 1.47 bits per heavy atom. The molecule has 1 fully saturated rings. The number of rotatable bonds is 5. The number of nitrogens with zero attached hydrogens (tertiary/aromatic N) is 2. The predicted octanol–water partition coefficient (Wildman–Crippen LogP) is 2.43. The molecule has 17 heavy (non-hydrogen) atoms. The van der Waals surface area contributed by atoms with Crippen LogP contribution in [0.1, 0.15) is 34.1 Å². The molecule has 1 aliphatic heterocycles. The van der Waals surface area contributed by atoms with Crippen molar-refractivity contribution in [2.75, 3.05) is 25.9 Å². The Morgan fingerprint density at radius 3 is 2.76 bits per heavy atom. The molecule has 1 N–H and O–H groups in total. The van der Waals surface area contributed by atoms with Gasteiger partial charge in [0, 0.05) is 24.4 Å². The Hall–Kier alpha value is -0.220. The van der Waals surface area contributed by atoms with Crippen molar-refractivity contribution < 1.29 is 0 Å². The van der Waals surface area contributed by atoms with Crippen molar-refractivity contribution in [3.05, 3.63) is 0 Å². The minimum Gasteiger partial charge on any atom is -0.362 e. The summed E-state index contributed by atoms with van der Waals surface area (Å²) >= 11 is 1.87. The molecule has 0 aromatic heterocycles. The van der Waals surface area contributed by atoms with Gasteiger partial charge in [-0.1, -0.05) is 18.7 Å². The third-order valence-corrected chi connectivity index (χ3v) is 4.71. The summed E-state index contributed by atoms with van der Waals surface area (Å²) in [5.41, 5.74) is 0. The Morgan fingerprint density at radius 2 is 2.18 bits per heavy atom. The first-order valence-electron chi connectivity index (χ1n) is 6.64. The van der Waals surface area contributed by atoms with Gasteiger partial charge < -0.3 is 10.2 Å². The highest BCUT2D eigenvalue weighted by Gasteiger charge is 2.20. The maximum absolute atomic E-state index is 4.64. The molecule has 0 aliphatic carbocycles. The number of hydrogen-bond donors (Lipinski definition) is 1. The average Bonchev–Trinajstić information content (AvgIpc) is 2.28. The molecule has 4 heteroatoms. The Balaban J connectivity index is 2.21. The third-order valence-electron chi connectivity index (χ3n) is 3.49. The van der Waals surface area contributed by atoms with Gasteiger partial charge in [0.05, 0.1) is 0 Å². The van der Waals surface area contributed by atoms with E-state index in [0.717, 1.165) is 30.6 Å². The van der Waals surface area contributed by atoms with Gasteiger partial charge in [-0.15, -0.1) is 0 Å². The minimum atomic E-state index is 0.563. The lowest BCUT2D eigenvalue weighted by Crippen LogP contribution is -2.41. The van der Waals surface area contributed by atoms with Crippen LogP contribution in [0.15, 0.2) is 4.99 Å². The summed E-state index contributed by atoms with van der Waals surface area (Å²) in [5.74, 6) is 1.94. The molecule has 0 bridgehead atoms. The van der Waals surface area contributed by atoms with Crippen LogP contribution in [0.25, 0.3) is 0 Å². The van der Waals surface area contributed by atoms with Crippen molar-refractivity contribution >= 4 is 16.9 Å². The highest BCUT2D eigenvalue weighted by molar-refractivity contribution is 8.13. The first kappa shape index (κ1) is 14.8. The largest absolute Gasteiger partial charge is 0.362 e. The minimum absolute atomic E-state index is 0.563. The van der Waals surface area contributed by atoms with Gasteiger partial charge in [0.2, 0.25) is 0 Å². The fourth-order valence-electron chi connectivity index (χ4n) is 1.58. The molecule has 0 amide bonds. The maximum atomic E-state index is 4.64. The van der Waals surface area contributed by atoms with E-state index in [0.29, 0.717) is 12.1 Å². The van der Waals surface area contributed by atoms with Crippen LogP contribution in [-0.4, -0.2) is 48.0 Å². The number of amidine groups is 1. The second-order valence-electron chi connectivity index (χ2n) is 5.34. The van der Waals surface area contributed by atoms with E-state index in [9.17, 15) is 0 Å². The van der Waals surface area contributed by atoms with Crippen molar-refractivity contribution in [2.45, 2.75) is 46.2 Å². The van der Waals surface area contributed by atoms with E-state index in [2.05, 4.69) is 50.0 Å². The second kappa shape index (κ2) is 7.27. The van der Waals surface area contributed by atoms with Crippen LogP contribution in [0.3, 0.4) is 0 Å². The fraction of sp³-hybridized carbons (Fsp3) is 0.923. The van der Waals surface area contributed by atoms with E-state index in [1.165, 1.54) is 5.75 Å². The fourth-order valence-corrected chi connectivity index (χ4v) is 2.74. The van der Waals surface area contributed by atoms with Gasteiger partial charge in [0.25, 0.3) is 0 Å². The monoisotopic (exact) mass is 257 g/mol. The van der Waals surface area contributed by atoms with E-state index < -0.39 is 0 Å². The molecule has 0 spiro atoms. The summed E-state index contributed by atoms with van der Waals surface area (Å²) in [7, 11) is 2.18. The zero-order valence-corrected chi connectivity index (χ0v) is 12.7. The van der Waals surface area contributed by atoms with Crippen LogP contribution in [0.4, 0.5) is 0 Å². The topological polar surface area (TPSA) is 27.6 Å². The lowest BCUT2D eigenvalue weighted by Gasteiger charge is -2.28. The molecule has 100 valence electrons. The van der Waals surface area contributed by atoms with E-state index in [-0.39, 0.29) is 0 Å². The van der Waals surface area contributed by atoms with Gasteiger partial charge in [-0.2, -0.15) is 0 Å². The Labute approximate surface area is 110 Å². The molecule has 1 rings (SSSR count). The van der Waals surface area contributed by atoms with Gasteiger partial charge in [0.1, 0.15) is 0 Å². The van der Waals surface area contributed by atoms with E-state index in [1.807, 2.05) is 11.8 Å². The van der Waals surface area contributed by atoms with Gasteiger partial charge >= 0.3 is 0 Å². The van der Waals surface area contributed by atoms with E-state index >= 15 is 0 Å². The van der Waals surface area contributed by atoms with Crippen LogP contribution >= 0.6 is 11.8 Å². The lowest BCUT2D eigenvalue weighted by atomic mass is 10.1. The molecule has 3 nitrogen and oxygen atoms in total. The van der Waals surface area contributed by atoms with Gasteiger partial charge in [-0.05, 0) is 46.7 Å². The summed E-state index contributed by atoms with van der Waals surface area (Å²) in [6.45, 7) is 11.1. The van der Waals surface area contributed by atoms with Gasteiger partial charge in [-0.25, -0.2) is 0 Å². The number of thioether (sulfide) groups is 1. The van der Waals surface area contributed by atoms with E-state index in [4.69, 9.17) is 0 Å². The summed E-state index contributed by atoms with van der Waals surface area (Å²) in [5, 5.41) is 4.62. The molecule has 0 radical (unpaired) electrons. The lowest BCUT2D eigenvalue weighted by molar-refractivity contribution is 0.272. The molecule has 1 aliphatic rings. The van der Waals surface area contributed by atoms with Gasteiger partial charge in [0.15, 0.2) is 5.17 Å². The number of nitrogens with one attached hydrogen (secondary N) is 1. The molecular formula is C13H27N3S. The average molecular weight is 257 g/mol. The van der Waals surface area contributed by atoms with Gasteiger partial charge in [-0.3, -0.25) is 4.99 Å². The Bertz CT molecular complexity index is 253. The second-order valence-corrected chi connectivity index (χ2v) is 6.34. The molecule has 1 heterocycles. The molecule has 2 atom stereocenters. The first-order chi connectivity index (χ1) is 8.00. The van der Waals surface area contributed by atoms with Crippen molar-refractivity contribution in [1.82, 2.24) is 10.2 Å². The van der Waals surface area contributed by atoms with Crippen molar-refractivity contribution in [3.8, 4) is 0 Å². The SMILES string of the molecule is CC1CSC(=NCCCN(C)C(C)C)NC1C. The first-order valence-corrected chi connectivity index (χ1v) is 7.63. The molecule has 0 aromatic rings. The highest BCUT2D eigenvalue weighted by Crippen LogP contribution is 2.19. The smallest absolute Gasteiger partial charge is 0.156 e. The van der Waals surface area contributed by atoms with Crippen LogP contribution in [0, 0.1) is 5.92 Å². The normalized spacial score (nSPS) is 27.8. The predicted molar refractivity (Wildman–Crippen MR) is 78.9 cm³/mol. The summed E-state index contributed by atoms with van der Waals surface area (Å²) in [4.78, 5) is 7.01. The molecule has 0 aromatic carbocycles. The summed E-state index contributed by atoms with van der Waals surface area (Å²) < 4.78 is 0. The molecule has 0 saturated carbocycles. The molecule has 2 unspecified atom stereocenters. The number of hydrogen-bond acceptors (Lipinski definition) is 3. The highest BCUT2D eigenvalue weighted by atomic mass is 32.2. The standard InChI is InChI=1S/C13H27N3S/c1-10(2)16(5)8-6-7-14-13-15-12(4)11(3)9-17-13/h10-12H,6-9H2,1-5H3,(H,14,15). The van der Waals surface area contributed by atoms with E-state index in [1.54, 1.807) is 0 Å². The zero-order chi connectivity index (χ0) is 12.8.